The summed E-state index contributed by atoms with van der Waals surface area (Å²) >= 11 is 5.84. The molecule has 0 aromatic heterocycles. The summed E-state index contributed by atoms with van der Waals surface area (Å²) in [6.07, 6.45) is 2.40. The van der Waals surface area contributed by atoms with Gasteiger partial charge in [-0.1, -0.05) is 11.6 Å². The quantitative estimate of drug-likeness (QED) is 0.693. The first-order valence-electron chi connectivity index (χ1n) is 7.10. The first-order chi connectivity index (χ1) is 10.1. The highest BCUT2D eigenvalue weighted by atomic mass is 35.5. The molecule has 1 heterocycles. The number of halogens is 1. The van der Waals surface area contributed by atoms with Crippen molar-refractivity contribution >= 4 is 28.8 Å². The van der Waals surface area contributed by atoms with E-state index in [0.29, 0.717) is 21.8 Å². The predicted octanol–water partition coefficient (Wildman–Crippen LogP) is 3.75. The number of rotatable bonds is 3. The minimum Gasteiger partial charge on any atom is -0.397 e. The normalized spacial score (nSPS) is 14.4. The molecule has 1 fully saturated rings. The van der Waals surface area contributed by atoms with E-state index in [-0.39, 0.29) is 5.78 Å². The highest BCUT2D eigenvalue weighted by Crippen LogP contribution is 2.28. The molecule has 3 nitrogen and oxygen atoms in total. The summed E-state index contributed by atoms with van der Waals surface area (Å²) in [5.41, 5.74) is 9.05. The highest BCUT2D eigenvalue weighted by Gasteiger charge is 2.16. The molecule has 2 aromatic rings. The third-order valence-corrected chi connectivity index (χ3v) is 4.09. The van der Waals surface area contributed by atoms with Crippen molar-refractivity contribution in [1.29, 1.82) is 0 Å². The molecule has 0 amide bonds. The van der Waals surface area contributed by atoms with Gasteiger partial charge in [-0.15, -0.1) is 0 Å². The number of carbonyl (C=O) groups is 1. The van der Waals surface area contributed by atoms with Crippen molar-refractivity contribution in [1.82, 2.24) is 0 Å². The molecule has 0 atom stereocenters. The van der Waals surface area contributed by atoms with Gasteiger partial charge < -0.3 is 10.6 Å². The summed E-state index contributed by atoms with van der Waals surface area (Å²) in [6.45, 7) is 2.07. The van der Waals surface area contributed by atoms with E-state index in [4.69, 9.17) is 17.3 Å². The van der Waals surface area contributed by atoms with Crippen LogP contribution < -0.4 is 10.6 Å². The van der Waals surface area contributed by atoms with Crippen LogP contribution in [0.5, 0.6) is 0 Å². The van der Waals surface area contributed by atoms with Gasteiger partial charge in [0.2, 0.25) is 0 Å². The Morgan fingerprint density at radius 3 is 2.24 bits per heavy atom. The molecule has 0 saturated carbocycles. The lowest BCUT2D eigenvalue weighted by Gasteiger charge is -2.20. The first-order valence-corrected chi connectivity index (χ1v) is 7.48. The van der Waals surface area contributed by atoms with Gasteiger partial charge in [0.05, 0.1) is 11.4 Å². The standard InChI is InChI=1S/C17H17ClN2O/c18-14-6-3-12(4-7-14)17(21)13-5-8-16(15(19)11-13)20-9-1-2-10-20/h3-8,11H,1-2,9-10,19H2. The second-order valence-corrected chi connectivity index (χ2v) is 5.74. The number of nitrogens with two attached hydrogens (primary N) is 1. The summed E-state index contributed by atoms with van der Waals surface area (Å²) in [6, 6.07) is 12.5. The van der Waals surface area contributed by atoms with Crippen molar-refractivity contribution in [2.75, 3.05) is 23.7 Å². The Labute approximate surface area is 129 Å². The number of hydrogen-bond acceptors (Lipinski definition) is 3. The van der Waals surface area contributed by atoms with Crippen molar-refractivity contribution in [2.24, 2.45) is 0 Å². The van der Waals surface area contributed by atoms with Crippen molar-refractivity contribution < 1.29 is 4.79 Å². The fourth-order valence-electron chi connectivity index (χ4n) is 2.71. The van der Waals surface area contributed by atoms with Crippen LogP contribution in [0.25, 0.3) is 0 Å². The molecule has 0 unspecified atom stereocenters. The van der Waals surface area contributed by atoms with Gasteiger partial charge in [0, 0.05) is 29.2 Å². The molecule has 1 aliphatic heterocycles. The molecule has 0 spiro atoms. The number of hydrogen-bond donors (Lipinski definition) is 1. The molecule has 4 heteroatoms. The summed E-state index contributed by atoms with van der Waals surface area (Å²) < 4.78 is 0. The van der Waals surface area contributed by atoms with Crippen LogP contribution in [0.3, 0.4) is 0 Å². The lowest BCUT2D eigenvalue weighted by molar-refractivity contribution is 0.103. The molecule has 2 N–H and O–H groups in total. The summed E-state index contributed by atoms with van der Waals surface area (Å²) in [4.78, 5) is 14.7. The summed E-state index contributed by atoms with van der Waals surface area (Å²) in [7, 11) is 0. The van der Waals surface area contributed by atoms with E-state index < -0.39 is 0 Å². The maximum absolute atomic E-state index is 12.4. The van der Waals surface area contributed by atoms with Crippen LogP contribution >= 0.6 is 11.6 Å². The van der Waals surface area contributed by atoms with Crippen molar-refractivity contribution in [3.63, 3.8) is 0 Å². The molecule has 3 rings (SSSR count). The molecular weight excluding hydrogens is 284 g/mol. The number of carbonyl (C=O) groups excluding carboxylic acids is 1. The molecule has 0 bridgehead atoms. The van der Waals surface area contributed by atoms with Crippen LogP contribution in [0, 0.1) is 0 Å². The van der Waals surface area contributed by atoms with E-state index in [1.165, 1.54) is 12.8 Å². The Kier molecular flexibility index (Phi) is 3.84. The fourth-order valence-corrected chi connectivity index (χ4v) is 2.84. The van der Waals surface area contributed by atoms with Gasteiger partial charge in [0.1, 0.15) is 0 Å². The van der Waals surface area contributed by atoms with Crippen LogP contribution in [0.4, 0.5) is 11.4 Å². The Bertz CT molecular complexity index is 661. The minimum absolute atomic E-state index is 0.0358. The average Bonchev–Trinajstić information content (AvgIpc) is 3.01. The number of anilines is 2. The third-order valence-electron chi connectivity index (χ3n) is 3.84. The topological polar surface area (TPSA) is 46.3 Å². The summed E-state index contributed by atoms with van der Waals surface area (Å²) in [5.74, 6) is -0.0358. The third kappa shape index (κ3) is 2.88. The van der Waals surface area contributed by atoms with Crippen LogP contribution in [-0.4, -0.2) is 18.9 Å². The molecule has 1 aliphatic rings. The van der Waals surface area contributed by atoms with Gasteiger partial charge in [0.25, 0.3) is 0 Å². The van der Waals surface area contributed by atoms with Gasteiger partial charge >= 0.3 is 0 Å². The van der Waals surface area contributed by atoms with E-state index in [1.54, 1.807) is 30.3 Å². The van der Waals surface area contributed by atoms with E-state index in [1.807, 2.05) is 12.1 Å². The molecular formula is C17H17ClN2O. The fraction of sp³-hybridized carbons (Fsp3) is 0.235. The van der Waals surface area contributed by atoms with Gasteiger partial charge in [0.15, 0.2) is 5.78 Å². The molecule has 108 valence electrons. The van der Waals surface area contributed by atoms with Crippen molar-refractivity contribution in [2.45, 2.75) is 12.8 Å². The Hall–Kier alpha value is -2.00. The summed E-state index contributed by atoms with van der Waals surface area (Å²) in [5, 5.41) is 0.621. The zero-order valence-corrected chi connectivity index (χ0v) is 12.4. The maximum Gasteiger partial charge on any atom is 0.193 e. The lowest BCUT2D eigenvalue weighted by Crippen LogP contribution is -2.19. The van der Waals surface area contributed by atoms with Crippen molar-refractivity contribution in [3.8, 4) is 0 Å². The largest absolute Gasteiger partial charge is 0.397 e. The number of nitrogen functional groups attached to an aromatic ring is 1. The number of nitrogens with zero attached hydrogens (tertiary/aromatic N) is 1. The van der Waals surface area contributed by atoms with Crippen LogP contribution in [0.2, 0.25) is 5.02 Å². The first kappa shape index (κ1) is 14.0. The number of ketones is 1. The second kappa shape index (κ2) is 5.78. The average molecular weight is 301 g/mol. The number of benzene rings is 2. The minimum atomic E-state index is -0.0358. The second-order valence-electron chi connectivity index (χ2n) is 5.30. The maximum atomic E-state index is 12.4. The Balaban J connectivity index is 1.87. The molecule has 21 heavy (non-hydrogen) atoms. The van der Waals surface area contributed by atoms with E-state index in [0.717, 1.165) is 18.8 Å². The van der Waals surface area contributed by atoms with E-state index >= 15 is 0 Å². The SMILES string of the molecule is Nc1cc(C(=O)c2ccc(Cl)cc2)ccc1N1CCCC1. The van der Waals surface area contributed by atoms with Gasteiger partial charge in [-0.2, -0.15) is 0 Å². The predicted molar refractivity (Wildman–Crippen MR) is 87.2 cm³/mol. The van der Waals surface area contributed by atoms with E-state index in [9.17, 15) is 4.79 Å². The molecule has 1 saturated heterocycles. The van der Waals surface area contributed by atoms with Crippen molar-refractivity contribution in [3.05, 3.63) is 58.6 Å². The molecule has 0 aliphatic carbocycles. The Morgan fingerprint density at radius 1 is 1.00 bits per heavy atom. The van der Waals surface area contributed by atoms with Crippen LogP contribution in [0.15, 0.2) is 42.5 Å². The van der Waals surface area contributed by atoms with Crippen LogP contribution in [0.1, 0.15) is 28.8 Å². The highest BCUT2D eigenvalue weighted by molar-refractivity contribution is 6.30. The molecule has 0 radical (unpaired) electrons. The lowest BCUT2D eigenvalue weighted by atomic mass is 10.0. The molecule has 2 aromatic carbocycles. The van der Waals surface area contributed by atoms with Gasteiger partial charge in [-0.3, -0.25) is 4.79 Å². The smallest absolute Gasteiger partial charge is 0.193 e. The Morgan fingerprint density at radius 2 is 1.62 bits per heavy atom. The zero-order chi connectivity index (χ0) is 14.8. The zero-order valence-electron chi connectivity index (χ0n) is 11.7. The van der Waals surface area contributed by atoms with Crippen LogP contribution in [-0.2, 0) is 0 Å². The van der Waals surface area contributed by atoms with Gasteiger partial charge in [-0.25, -0.2) is 0 Å². The van der Waals surface area contributed by atoms with Gasteiger partial charge in [-0.05, 0) is 55.3 Å². The van der Waals surface area contributed by atoms with E-state index in [2.05, 4.69) is 4.90 Å². The monoisotopic (exact) mass is 300 g/mol.